The molecule has 2 aromatic heterocycles. The molecule has 23 heavy (non-hydrogen) atoms. The van der Waals surface area contributed by atoms with E-state index in [2.05, 4.69) is 10.4 Å². The highest BCUT2D eigenvalue weighted by Gasteiger charge is 2.17. The summed E-state index contributed by atoms with van der Waals surface area (Å²) in [5.74, 6) is -0.516. The molecule has 3 aromatic rings. The summed E-state index contributed by atoms with van der Waals surface area (Å²) in [6.07, 6.45) is 3.27. The number of hydrogen-bond donors (Lipinski definition) is 1. The van der Waals surface area contributed by atoms with E-state index in [1.807, 2.05) is 26.8 Å². The molecule has 0 fully saturated rings. The summed E-state index contributed by atoms with van der Waals surface area (Å²) in [5.41, 5.74) is 0.0917. The Morgan fingerprint density at radius 2 is 2.00 bits per heavy atom. The van der Waals surface area contributed by atoms with E-state index in [9.17, 15) is 9.59 Å². The van der Waals surface area contributed by atoms with Gasteiger partial charge >= 0.3 is 5.63 Å². The van der Waals surface area contributed by atoms with Gasteiger partial charge in [0.15, 0.2) is 0 Å². The van der Waals surface area contributed by atoms with Gasteiger partial charge in [0.05, 0.1) is 17.4 Å². The van der Waals surface area contributed by atoms with Crippen LogP contribution in [0, 0.1) is 0 Å². The van der Waals surface area contributed by atoms with E-state index in [0.717, 1.165) is 0 Å². The molecule has 6 heteroatoms. The third kappa shape index (κ3) is 3.01. The minimum atomic E-state index is -0.663. The van der Waals surface area contributed by atoms with Crippen LogP contribution in [-0.2, 0) is 5.54 Å². The Kier molecular flexibility index (Phi) is 3.52. The average molecular weight is 311 g/mol. The minimum Gasteiger partial charge on any atom is -0.422 e. The molecule has 0 bridgehead atoms. The molecule has 1 amide bonds. The molecule has 1 N–H and O–H groups in total. The van der Waals surface area contributed by atoms with Gasteiger partial charge in [-0.2, -0.15) is 5.10 Å². The normalized spacial score (nSPS) is 11.6. The quantitative estimate of drug-likeness (QED) is 0.738. The summed E-state index contributed by atoms with van der Waals surface area (Å²) < 4.78 is 6.92. The van der Waals surface area contributed by atoms with Crippen molar-refractivity contribution < 1.29 is 9.21 Å². The Morgan fingerprint density at radius 3 is 2.70 bits per heavy atom. The number of hydrogen-bond acceptors (Lipinski definition) is 4. The summed E-state index contributed by atoms with van der Waals surface area (Å²) in [5, 5.41) is 7.58. The Morgan fingerprint density at radius 1 is 1.26 bits per heavy atom. The summed E-state index contributed by atoms with van der Waals surface area (Å²) in [6.45, 7) is 6.01. The number of nitrogens with one attached hydrogen (secondary N) is 1. The fourth-order valence-corrected chi connectivity index (χ4v) is 2.17. The van der Waals surface area contributed by atoms with Gasteiger partial charge in [-0.3, -0.25) is 9.48 Å². The van der Waals surface area contributed by atoms with E-state index >= 15 is 0 Å². The second kappa shape index (κ2) is 5.39. The molecule has 0 saturated carbocycles. The molecule has 118 valence electrons. The van der Waals surface area contributed by atoms with E-state index in [4.69, 9.17) is 4.42 Å². The lowest BCUT2D eigenvalue weighted by molar-refractivity contribution is 0.102. The smallest absolute Gasteiger partial charge is 0.349 e. The fourth-order valence-electron chi connectivity index (χ4n) is 2.17. The van der Waals surface area contributed by atoms with Crippen molar-refractivity contribution in [1.82, 2.24) is 9.78 Å². The lowest BCUT2D eigenvalue weighted by Gasteiger charge is -2.18. The van der Waals surface area contributed by atoms with Crippen LogP contribution in [0.15, 0.2) is 51.9 Å². The first kappa shape index (κ1) is 15.0. The topological polar surface area (TPSA) is 77.1 Å². The van der Waals surface area contributed by atoms with Crippen LogP contribution in [0.3, 0.4) is 0 Å². The highest BCUT2D eigenvalue weighted by atomic mass is 16.4. The molecule has 0 spiro atoms. The van der Waals surface area contributed by atoms with Crippen LogP contribution in [0.2, 0.25) is 0 Å². The largest absolute Gasteiger partial charge is 0.422 e. The summed E-state index contributed by atoms with van der Waals surface area (Å²) >= 11 is 0. The molecular weight excluding hydrogens is 294 g/mol. The third-order valence-electron chi connectivity index (χ3n) is 3.41. The van der Waals surface area contributed by atoms with Crippen LogP contribution >= 0.6 is 0 Å². The van der Waals surface area contributed by atoms with Crippen molar-refractivity contribution in [1.29, 1.82) is 0 Å². The fraction of sp³-hybridized carbons (Fsp3) is 0.235. The average Bonchev–Trinajstić information content (AvgIpc) is 2.95. The van der Waals surface area contributed by atoms with Crippen molar-refractivity contribution in [2.75, 3.05) is 5.32 Å². The lowest BCUT2D eigenvalue weighted by atomic mass is 10.1. The molecule has 0 unspecified atom stereocenters. The molecule has 3 rings (SSSR count). The predicted octanol–water partition coefficient (Wildman–Crippen LogP) is 3.00. The van der Waals surface area contributed by atoms with Crippen molar-refractivity contribution in [3.8, 4) is 0 Å². The first-order chi connectivity index (χ1) is 10.8. The number of carbonyl (C=O) groups is 1. The van der Waals surface area contributed by atoms with E-state index in [1.54, 1.807) is 35.3 Å². The van der Waals surface area contributed by atoms with Crippen molar-refractivity contribution in [3.63, 3.8) is 0 Å². The summed E-state index contributed by atoms with van der Waals surface area (Å²) in [4.78, 5) is 24.3. The van der Waals surface area contributed by atoms with Gasteiger partial charge in [0.2, 0.25) is 0 Å². The van der Waals surface area contributed by atoms with E-state index in [1.165, 1.54) is 6.07 Å². The number of nitrogens with zero attached hydrogens (tertiary/aromatic N) is 2. The summed E-state index contributed by atoms with van der Waals surface area (Å²) in [7, 11) is 0. The number of amides is 1. The molecule has 6 nitrogen and oxygen atoms in total. The maximum Gasteiger partial charge on any atom is 0.349 e. The SMILES string of the molecule is CC(C)(C)n1cc(NC(=O)c2cc3ccccc3oc2=O)cn1. The van der Waals surface area contributed by atoms with E-state index in [-0.39, 0.29) is 11.1 Å². The highest BCUT2D eigenvalue weighted by Crippen LogP contribution is 2.17. The van der Waals surface area contributed by atoms with Gasteiger partial charge in [0.25, 0.3) is 5.91 Å². The highest BCUT2D eigenvalue weighted by molar-refractivity contribution is 6.05. The molecule has 1 aromatic carbocycles. The molecule has 0 aliphatic heterocycles. The maximum atomic E-state index is 12.3. The van der Waals surface area contributed by atoms with Gasteiger partial charge in [-0.05, 0) is 32.9 Å². The van der Waals surface area contributed by atoms with Crippen molar-refractivity contribution in [2.24, 2.45) is 0 Å². The number of benzene rings is 1. The number of rotatable bonds is 2. The predicted molar refractivity (Wildman–Crippen MR) is 87.7 cm³/mol. The van der Waals surface area contributed by atoms with E-state index in [0.29, 0.717) is 16.7 Å². The molecule has 0 saturated heterocycles. The standard InChI is InChI=1S/C17H17N3O3/c1-17(2,3)20-10-12(9-18-20)19-15(21)13-8-11-6-4-5-7-14(11)23-16(13)22/h4-10H,1-3H3,(H,19,21). The maximum absolute atomic E-state index is 12.3. The number of anilines is 1. The molecule has 0 atom stereocenters. The lowest BCUT2D eigenvalue weighted by Crippen LogP contribution is -2.22. The van der Waals surface area contributed by atoms with Gasteiger partial charge in [-0.25, -0.2) is 4.79 Å². The third-order valence-corrected chi connectivity index (χ3v) is 3.41. The van der Waals surface area contributed by atoms with Crippen LogP contribution < -0.4 is 10.9 Å². The number of para-hydroxylation sites is 1. The molecular formula is C17H17N3O3. The first-order valence-electron chi connectivity index (χ1n) is 7.24. The second-order valence-electron chi connectivity index (χ2n) is 6.28. The van der Waals surface area contributed by atoms with Crippen LogP contribution in [0.25, 0.3) is 11.0 Å². The Labute approximate surface area is 132 Å². The molecule has 0 aliphatic rings. The first-order valence-corrected chi connectivity index (χ1v) is 7.24. The molecule has 0 radical (unpaired) electrons. The Balaban J connectivity index is 1.90. The molecule has 2 heterocycles. The number of fused-ring (bicyclic) bond motifs is 1. The van der Waals surface area contributed by atoms with Crippen LogP contribution in [0.4, 0.5) is 5.69 Å². The number of carbonyl (C=O) groups excluding carboxylic acids is 1. The Hall–Kier alpha value is -2.89. The van der Waals surface area contributed by atoms with Crippen molar-refractivity contribution >= 4 is 22.6 Å². The zero-order valence-electron chi connectivity index (χ0n) is 13.2. The monoisotopic (exact) mass is 311 g/mol. The zero-order valence-corrected chi connectivity index (χ0v) is 13.2. The minimum absolute atomic E-state index is 0.0350. The Bertz CT molecular complexity index is 932. The van der Waals surface area contributed by atoms with Gasteiger partial charge < -0.3 is 9.73 Å². The van der Waals surface area contributed by atoms with Gasteiger partial charge in [-0.15, -0.1) is 0 Å². The van der Waals surface area contributed by atoms with Crippen molar-refractivity contribution in [3.05, 3.63) is 58.7 Å². The zero-order chi connectivity index (χ0) is 16.6. The van der Waals surface area contributed by atoms with Crippen LogP contribution in [-0.4, -0.2) is 15.7 Å². The van der Waals surface area contributed by atoms with Gasteiger partial charge in [-0.1, -0.05) is 18.2 Å². The van der Waals surface area contributed by atoms with Gasteiger partial charge in [0, 0.05) is 11.6 Å². The second-order valence-corrected chi connectivity index (χ2v) is 6.28. The van der Waals surface area contributed by atoms with Gasteiger partial charge in [0.1, 0.15) is 11.1 Å². The number of aromatic nitrogens is 2. The van der Waals surface area contributed by atoms with Crippen molar-refractivity contribution in [2.45, 2.75) is 26.3 Å². The van der Waals surface area contributed by atoms with Crippen LogP contribution in [0.1, 0.15) is 31.1 Å². The molecule has 0 aliphatic carbocycles. The van der Waals surface area contributed by atoms with E-state index < -0.39 is 11.5 Å². The summed E-state index contributed by atoms with van der Waals surface area (Å²) in [6, 6.07) is 8.59. The van der Waals surface area contributed by atoms with Crippen LogP contribution in [0.5, 0.6) is 0 Å².